The molecule has 1 amide bonds. The maximum absolute atomic E-state index is 12.3. The highest BCUT2D eigenvalue weighted by molar-refractivity contribution is 5.85. The molecule has 23 heavy (non-hydrogen) atoms. The summed E-state index contributed by atoms with van der Waals surface area (Å²) < 4.78 is 5.14. The third-order valence-electron chi connectivity index (χ3n) is 4.23. The Kier molecular flexibility index (Phi) is 4.34. The summed E-state index contributed by atoms with van der Waals surface area (Å²) in [6, 6.07) is 6.20. The van der Waals surface area contributed by atoms with Gasteiger partial charge < -0.3 is 19.7 Å². The Bertz CT molecular complexity index is 737. The molecule has 2 aromatic rings. The number of amides is 1. The number of aromatic nitrogens is 1. The number of carbonyl (C=O) groups excluding carboxylic acids is 1. The molecule has 1 fully saturated rings. The maximum Gasteiger partial charge on any atom is 0.334 e. The summed E-state index contributed by atoms with van der Waals surface area (Å²) in [5, 5.41) is 10.1. The van der Waals surface area contributed by atoms with Crippen molar-refractivity contribution in [3.63, 3.8) is 0 Å². The van der Waals surface area contributed by atoms with E-state index in [9.17, 15) is 9.59 Å². The maximum atomic E-state index is 12.3. The first-order valence-corrected chi connectivity index (χ1v) is 7.73. The van der Waals surface area contributed by atoms with Gasteiger partial charge in [0, 0.05) is 30.1 Å². The van der Waals surface area contributed by atoms with Crippen molar-refractivity contribution in [2.45, 2.75) is 25.9 Å². The Balaban J connectivity index is 1.64. The van der Waals surface area contributed by atoms with E-state index in [0.717, 1.165) is 16.5 Å². The van der Waals surface area contributed by atoms with Crippen molar-refractivity contribution in [2.24, 2.45) is 0 Å². The number of fused-ring (bicyclic) bond motifs is 1. The summed E-state index contributed by atoms with van der Waals surface area (Å²) >= 11 is 0. The van der Waals surface area contributed by atoms with Gasteiger partial charge in [-0.15, -0.1) is 0 Å². The lowest BCUT2D eigenvalue weighted by Gasteiger charge is -2.30. The molecule has 1 aromatic carbocycles. The molecule has 1 aromatic heterocycles. The number of hydrogen-bond donors (Lipinski definition) is 2. The molecule has 2 heterocycles. The Morgan fingerprint density at radius 2 is 2.26 bits per heavy atom. The predicted octanol–water partition coefficient (Wildman–Crippen LogP) is 1.72. The largest absolute Gasteiger partial charge is 0.479 e. The van der Waals surface area contributed by atoms with Crippen molar-refractivity contribution in [1.82, 2.24) is 9.88 Å². The topological polar surface area (TPSA) is 82.6 Å². The summed E-state index contributed by atoms with van der Waals surface area (Å²) in [5.41, 5.74) is 3.36. The Morgan fingerprint density at radius 3 is 3.04 bits per heavy atom. The molecule has 0 spiro atoms. The van der Waals surface area contributed by atoms with E-state index < -0.39 is 12.1 Å². The molecule has 1 aliphatic rings. The Labute approximate surface area is 134 Å². The first-order chi connectivity index (χ1) is 11.0. The fraction of sp³-hybridized carbons (Fsp3) is 0.412. The molecule has 0 bridgehead atoms. The van der Waals surface area contributed by atoms with Gasteiger partial charge in [0.1, 0.15) is 0 Å². The van der Waals surface area contributed by atoms with Crippen LogP contribution in [0.5, 0.6) is 0 Å². The van der Waals surface area contributed by atoms with E-state index in [-0.39, 0.29) is 19.1 Å². The van der Waals surface area contributed by atoms with Gasteiger partial charge >= 0.3 is 5.97 Å². The zero-order valence-corrected chi connectivity index (χ0v) is 13.0. The second-order valence-corrected chi connectivity index (χ2v) is 5.90. The third kappa shape index (κ3) is 3.37. The molecule has 3 rings (SSSR count). The number of carbonyl (C=O) groups is 2. The van der Waals surface area contributed by atoms with Crippen LogP contribution in [0.15, 0.2) is 24.4 Å². The van der Waals surface area contributed by atoms with Gasteiger partial charge in [-0.05, 0) is 31.0 Å². The van der Waals surface area contributed by atoms with Crippen molar-refractivity contribution in [2.75, 3.05) is 19.7 Å². The van der Waals surface area contributed by atoms with E-state index >= 15 is 0 Å². The average molecular weight is 316 g/mol. The number of H-pyrrole nitrogens is 1. The van der Waals surface area contributed by atoms with Crippen LogP contribution >= 0.6 is 0 Å². The highest BCUT2D eigenvalue weighted by Gasteiger charge is 2.28. The van der Waals surface area contributed by atoms with Crippen LogP contribution in [0.1, 0.15) is 17.5 Å². The van der Waals surface area contributed by atoms with Crippen molar-refractivity contribution in [3.05, 3.63) is 35.5 Å². The van der Waals surface area contributed by atoms with Crippen LogP contribution in [0.3, 0.4) is 0 Å². The summed E-state index contributed by atoms with van der Waals surface area (Å²) in [4.78, 5) is 28.1. The number of nitrogens with zero attached hydrogens (tertiary/aromatic N) is 1. The van der Waals surface area contributed by atoms with E-state index in [1.165, 1.54) is 5.56 Å². The standard InChI is InChI=1S/C17H20N2O4/c1-11-2-4-14-13(8-11)12(9-18-14)3-5-16(20)19-6-7-23-15(10-19)17(21)22/h2,4,8-9,15,18H,3,5-7,10H2,1H3,(H,21,22). The summed E-state index contributed by atoms with van der Waals surface area (Å²) in [6.07, 6.45) is 2.03. The number of carboxylic acid groups (broad SMARTS) is 1. The molecule has 6 nitrogen and oxygen atoms in total. The fourth-order valence-electron chi connectivity index (χ4n) is 2.92. The second kappa shape index (κ2) is 6.42. The van der Waals surface area contributed by atoms with Gasteiger partial charge in [0.05, 0.1) is 13.2 Å². The van der Waals surface area contributed by atoms with Crippen molar-refractivity contribution < 1.29 is 19.4 Å². The van der Waals surface area contributed by atoms with E-state index in [1.807, 2.05) is 25.3 Å². The van der Waals surface area contributed by atoms with Crippen LogP contribution in [0.25, 0.3) is 10.9 Å². The molecular formula is C17H20N2O4. The number of aliphatic carboxylic acids is 1. The van der Waals surface area contributed by atoms with Crippen LogP contribution in [-0.4, -0.2) is 52.7 Å². The van der Waals surface area contributed by atoms with Crippen molar-refractivity contribution in [1.29, 1.82) is 0 Å². The SMILES string of the molecule is Cc1ccc2[nH]cc(CCC(=O)N3CCOC(C(=O)O)C3)c2c1. The molecule has 1 aliphatic heterocycles. The fourth-order valence-corrected chi connectivity index (χ4v) is 2.92. The summed E-state index contributed by atoms with van der Waals surface area (Å²) in [6.45, 7) is 2.90. The smallest absolute Gasteiger partial charge is 0.334 e. The molecule has 6 heteroatoms. The number of carboxylic acids is 1. The third-order valence-corrected chi connectivity index (χ3v) is 4.23. The summed E-state index contributed by atoms with van der Waals surface area (Å²) in [5.74, 6) is -1.05. The van der Waals surface area contributed by atoms with Crippen LogP contribution in [0.2, 0.25) is 0 Å². The first kappa shape index (κ1) is 15.6. The molecular weight excluding hydrogens is 296 g/mol. The number of rotatable bonds is 4. The van der Waals surface area contributed by atoms with Crippen LogP contribution in [-0.2, 0) is 20.7 Å². The minimum absolute atomic E-state index is 0.0263. The predicted molar refractivity (Wildman–Crippen MR) is 85.3 cm³/mol. The number of benzene rings is 1. The second-order valence-electron chi connectivity index (χ2n) is 5.90. The Morgan fingerprint density at radius 1 is 1.43 bits per heavy atom. The van der Waals surface area contributed by atoms with Crippen LogP contribution < -0.4 is 0 Å². The van der Waals surface area contributed by atoms with Gasteiger partial charge in [-0.2, -0.15) is 0 Å². The normalized spacial score (nSPS) is 18.3. The lowest BCUT2D eigenvalue weighted by molar-refractivity contribution is -0.159. The van der Waals surface area contributed by atoms with E-state index in [2.05, 4.69) is 11.1 Å². The number of aromatic amines is 1. The molecule has 0 radical (unpaired) electrons. The van der Waals surface area contributed by atoms with Crippen molar-refractivity contribution >= 4 is 22.8 Å². The number of nitrogens with one attached hydrogen (secondary N) is 1. The lowest BCUT2D eigenvalue weighted by Crippen LogP contribution is -2.48. The quantitative estimate of drug-likeness (QED) is 0.900. The van der Waals surface area contributed by atoms with Gasteiger partial charge in [-0.25, -0.2) is 4.79 Å². The summed E-state index contributed by atoms with van der Waals surface area (Å²) in [7, 11) is 0. The number of morpholine rings is 1. The monoisotopic (exact) mass is 316 g/mol. The van der Waals surface area contributed by atoms with Crippen molar-refractivity contribution in [3.8, 4) is 0 Å². The molecule has 1 atom stereocenters. The molecule has 122 valence electrons. The van der Waals surface area contributed by atoms with E-state index in [4.69, 9.17) is 9.84 Å². The molecule has 0 aliphatic carbocycles. The average Bonchev–Trinajstić information content (AvgIpc) is 2.95. The first-order valence-electron chi connectivity index (χ1n) is 7.73. The highest BCUT2D eigenvalue weighted by atomic mass is 16.5. The molecule has 1 saturated heterocycles. The Hall–Kier alpha value is -2.34. The highest BCUT2D eigenvalue weighted by Crippen LogP contribution is 2.21. The van der Waals surface area contributed by atoms with Gasteiger partial charge in [-0.3, -0.25) is 4.79 Å². The van der Waals surface area contributed by atoms with Crippen LogP contribution in [0.4, 0.5) is 0 Å². The van der Waals surface area contributed by atoms with E-state index in [1.54, 1.807) is 4.90 Å². The van der Waals surface area contributed by atoms with Gasteiger partial charge in [0.25, 0.3) is 0 Å². The number of aryl methyl sites for hydroxylation is 2. The zero-order chi connectivity index (χ0) is 16.4. The minimum Gasteiger partial charge on any atom is -0.479 e. The van der Waals surface area contributed by atoms with Gasteiger partial charge in [-0.1, -0.05) is 11.6 Å². The minimum atomic E-state index is -1.02. The lowest BCUT2D eigenvalue weighted by atomic mass is 10.1. The van der Waals surface area contributed by atoms with Crippen LogP contribution in [0, 0.1) is 6.92 Å². The van der Waals surface area contributed by atoms with Gasteiger partial charge in [0.15, 0.2) is 6.10 Å². The van der Waals surface area contributed by atoms with E-state index in [0.29, 0.717) is 19.4 Å². The van der Waals surface area contributed by atoms with Gasteiger partial charge in [0.2, 0.25) is 5.91 Å². The number of hydrogen-bond acceptors (Lipinski definition) is 3. The number of ether oxygens (including phenoxy) is 1. The molecule has 0 saturated carbocycles. The molecule has 1 unspecified atom stereocenters. The molecule has 2 N–H and O–H groups in total. The zero-order valence-electron chi connectivity index (χ0n) is 13.0.